The van der Waals surface area contributed by atoms with E-state index in [-0.39, 0.29) is 19.1 Å². The number of nitrogens with zero attached hydrogens (tertiary/aromatic N) is 1. The van der Waals surface area contributed by atoms with Crippen molar-refractivity contribution in [3.8, 4) is 23.0 Å². The Hall–Kier alpha value is -3.28. The van der Waals surface area contributed by atoms with Crippen molar-refractivity contribution in [2.24, 2.45) is 0 Å². The van der Waals surface area contributed by atoms with E-state index < -0.39 is 0 Å². The van der Waals surface area contributed by atoms with Gasteiger partial charge in [-0.05, 0) is 43.2 Å². The van der Waals surface area contributed by atoms with Gasteiger partial charge < -0.3 is 19.2 Å². The predicted molar refractivity (Wildman–Crippen MR) is 99.5 cm³/mol. The van der Waals surface area contributed by atoms with Crippen LogP contribution in [0.25, 0.3) is 11.5 Å². The minimum atomic E-state index is -0.0908. The van der Waals surface area contributed by atoms with Crippen LogP contribution in [0.2, 0.25) is 0 Å². The SMILES string of the molecule is Cc1ccccc1CNC(=O)Cc1nc(-c2ccc3c(c2)OCO3)oc1C. The number of ether oxygens (including phenoxy) is 2. The molecule has 0 radical (unpaired) electrons. The highest BCUT2D eigenvalue weighted by Crippen LogP contribution is 2.36. The van der Waals surface area contributed by atoms with Gasteiger partial charge in [-0.15, -0.1) is 0 Å². The van der Waals surface area contributed by atoms with Crippen LogP contribution in [-0.4, -0.2) is 17.7 Å². The van der Waals surface area contributed by atoms with Gasteiger partial charge in [-0.25, -0.2) is 4.98 Å². The number of carbonyl (C=O) groups is 1. The summed E-state index contributed by atoms with van der Waals surface area (Å²) >= 11 is 0. The summed E-state index contributed by atoms with van der Waals surface area (Å²) in [4.78, 5) is 16.8. The number of amides is 1. The van der Waals surface area contributed by atoms with Crippen molar-refractivity contribution in [3.63, 3.8) is 0 Å². The maximum absolute atomic E-state index is 12.3. The number of rotatable bonds is 5. The van der Waals surface area contributed by atoms with Crippen LogP contribution in [0.5, 0.6) is 11.5 Å². The number of fused-ring (bicyclic) bond motifs is 1. The molecule has 0 aliphatic carbocycles. The van der Waals surface area contributed by atoms with Gasteiger partial charge in [0, 0.05) is 12.1 Å². The van der Waals surface area contributed by atoms with Gasteiger partial charge in [-0.3, -0.25) is 4.79 Å². The first-order chi connectivity index (χ1) is 13.1. The molecule has 0 fully saturated rings. The van der Waals surface area contributed by atoms with Gasteiger partial charge >= 0.3 is 0 Å². The van der Waals surface area contributed by atoms with Crippen LogP contribution in [0.3, 0.4) is 0 Å². The number of benzene rings is 2. The van der Waals surface area contributed by atoms with Crippen LogP contribution >= 0.6 is 0 Å². The molecular weight excluding hydrogens is 344 g/mol. The Labute approximate surface area is 157 Å². The number of aromatic nitrogens is 1. The number of hydrogen-bond acceptors (Lipinski definition) is 5. The topological polar surface area (TPSA) is 73.6 Å². The average molecular weight is 364 g/mol. The van der Waals surface area contributed by atoms with E-state index in [0.29, 0.717) is 35.4 Å². The van der Waals surface area contributed by atoms with E-state index in [9.17, 15) is 4.79 Å². The minimum absolute atomic E-state index is 0.0908. The van der Waals surface area contributed by atoms with Crippen LogP contribution < -0.4 is 14.8 Å². The molecule has 6 heteroatoms. The molecule has 1 amide bonds. The van der Waals surface area contributed by atoms with Gasteiger partial charge in [0.25, 0.3) is 0 Å². The van der Waals surface area contributed by atoms with E-state index in [1.165, 1.54) is 0 Å². The lowest BCUT2D eigenvalue weighted by Crippen LogP contribution is -2.25. The van der Waals surface area contributed by atoms with Crippen LogP contribution in [-0.2, 0) is 17.8 Å². The molecule has 6 nitrogen and oxygen atoms in total. The summed E-state index contributed by atoms with van der Waals surface area (Å²) in [5, 5.41) is 2.94. The maximum atomic E-state index is 12.3. The zero-order chi connectivity index (χ0) is 18.8. The Morgan fingerprint density at radius 2 is 1.93 bits per heavy atom. The lowest BCUT2D eigenvalue weighted by atomic mass is 10.1. The van der Waals surface area contributed by atoms with Crippen molar-refractivity contribution in [2.45, 2.75) is 26.8 Å². The van der Waals surface area contributed by atoms with E-state index in [2.05, 4.69) is 10.3 Å². The number of aryl methyl sites for hydroxylation is 2. The standard InChI is InChI=1S/C21H20N2O4/c1-13-5-3-4-6-16(13)11-22-20(24)10-17-14(2)27-21(23-17)15-7-8-18-19(9-15)26-12-25-18/h3-9H,10-12H2,1-2H3,(H,22,24). The third kappa shape index (κ3) is 3.65. The van der Waals surface area contributed by atoms with E-state index in [0.717, 1.165) is 16.7 Å². The summed E-state index contributed by atoms with van der Waals surface area (Å²) in [6.45, 7) is 4.56. The second-order valence-corrected chi connectivity index (χ2v) is 6.47. The van der Waals surface area contributed by atoms with E-state index in [1.54, 1.807) is 0 Å². The zero-order valence-electron chi connectivity index (χ0n) is 15.2. The van der Waals surface area contributed by atoms with Crippen LogP contribution in [0.1, 0.15) is 22.6 Å². The minimum Gasteiger partial charge on any atom is -0.454 e. The monoisotopic (exact) mass is 364 g/mol. The molecule has 1 aromatic heterocycles. The molecule has 27 heavy (non-hydrogen) atoms. The first kappa shape index (κ1) is 17.1. The third-order valence-corrected chi connectivity index (χ3v) is 4.58. The van der Waals surface area contributed by atoms with E-state index in [4.69, 9.17) is 13.9 Å². The summed E-state index contributed by atoms with van der Waals surface area (Å²) in [6.07, 6.45) is 0.172. The molecule has 0 saturated carbocycles. The maximum Gasteiger partial charge on any atom is 0.231 e. The molecule has 138 valence electrons. The number of carbonyl (C=O) groups excluding carboxylic acids is 1. The van der Waals surface area contributed by atoms with Crippen molar-refractivity contribution in [2.75, 3.05) is 6.79 Å². The van der Waals surface area contributed by atoms with Crippen molar-refractivity contribution < 1.29 is 18.7 Å². The van der Waals surface area contributed by atoms with Crippen LogP contribution in [0, 0.1) is 13.8 Å². The molecule has 2 heterocycles. The fourth-order valence-electron chi connectivity index (χ4n) is 2.96. The highest BCUT2D eigenvalue weighted by Gasteiger charge is 2.18. The Morgan fingerprint density at radius 3 is 2.78 bits per heavy atom. The second kappa shape index (κ2) is 7.15. The van der Waals surface area contributed by atoms with Gasteiger partial charge in [0.15, 0.2) is 11.5 Å². The Morgan fingerprint density at radius 1 is 1.11 bits per heavy atom. The quantitative estimate of drug-likeness (QED) is 0.749. The number of hydrogen-bond donors (Lipinski definition) is 1. The summed E-state index contributed by atoms with van der Waals surface area (Å²) in [6, 6.07) is 13.5. The largest absolute Gasteiger partial charge is 0.454 e. The molecule has 1 aliphatic rings. The molecule has 0 saturated heterocycles. The molecule has 1 N–H and O–H groups in total. The molecule has 1 aliphatic heterocycles. The summed E-state index contributed by atoms with van der Waals surface area (Å²) in [7, 11) is 0. The smallest absolute Gasteiger partial charge is 0.231 e. The lowest BCUT2D eigenvalue weighted by molar-refractivity contribution is -0.120. The highest BCUT2D eigenvalue weighted by molar-refractivity contribution is 5.78. The van der Waals surface area contributed by atoms with Gasteiger partial charge in [0.2, 0.25) is 18.6 Å². The molecule has 0 bridgehead atoms. The van der Waals surface area contributed by atoms with Gasteiger partial charge in [0.1, 0.15) is 5.76 Å². The van der Waals surface area contributed by atoms with E-state index >= 15 is 0 Å². The Balaban J connectivity index is 1.44. The van der Waals surface area contributed by atoms with Crippen molar-refractivity contribution >= 4 is 5.91 Å². The van der Waals surface area contributed by atoms with Crippen molar-refractivity contribution in [1.82, 2.24) is 10.3 Å². The van der Waals surface area contributed by atoms with Crippen molar-refractivity contribution in [3.05, 3.63) is 65.0 Å². The fraction of sp³-hybridized carbons (Fsp3) is 0.238. The zero-order valence-corrected chi connectivity index (χ0v) is 15.2. The first-order valence-electron chi connectivity index (χ1n) is 8.77. The van der Waals surface area contributed by atoms with Gasteiger partial charge in [-0.2, -0.15) is 0 Å². The second-order valence-electron chi connectivity index (χ2n) is 6.47. The molecule has 4 rings (SSSR count). The van der Waals surface area contributed by atoms with Gasteiger partial charge in [0.05, 0.1) is 12.1 Å². The predicted octanol–water partition coefficient (Wildman–Crippen LogP) is 3.55. The highest BCUT2D eigenvalue weighted by atomic mass is 16.7. The Bertz CT molecular complexity index is 994. The number of oxazole rings is 1. The summed E-state index contributed by atoms with van der Waals surface area (Å²) < 4.78 is 16.5. The Kier molecular flexibility index (Phi) is 4.54. The number of nitrogens with one attached hydrogen (secondary N) is 1. The summed E-state index contributed by atoms with van der Waals surface area (Å²) in [5.74, 6) is 2.38. The molecule has 0 spiro atoms. The average Bonchev–Trinajstić information content (AvgIpc) is 3.27. The van der Waals surface area contributed by atoms with Gasteiger partial charge in [-0.1, -0.05) is 24.3 Å². The van der Waals surface area contributed by atoms with Crippen LogP contribution in [0.4, 0.5) is 0 Å². The molecular formula is C21H20N2O4. The lowest BCUT2D eigenvalue weighted by Gasteiger charge is -2.07. The third-order valence-electron chi connectivity index (χ3n) is 4.58. The van der Waals surface area contributed by atoms with E-state index in [1.807, 2.05) is 56.3 Å². The fourth-order valence-corrected chi connectivity index (χ4v) is 2.96. The van der Waals surface area contributed by atoms with Crippen LogP contribution in [0.15, 0.2) is 46.9 Å². The van der Waals surface area contributed by atoms with Crippen molar-refractivity contribution in [1.29, 1.82) is 0 Å². The molecule has 3 aromatic rings. The molecule has 2 aromatic carbocycles. The summed E-state index contributed by atoms with van der Waals surface area (Å²) in [5.41, 5.74) is 3.67. The first-order valence-corrected chi connectivity index (χ1v) is 8.77. The normalized spacial score (nSPS) is 12.2. The molecule has 0 unspecified atom stereocenters. The molecule has 0 atom stereocenters.